The van der Waals surface area contributed by atoms with Crippen molar-refractivity contribution >= 4 is 29.0 Å². The van der Waals surface area contributed by atoms with Gasteiger partial charge in [0.1, 0.15) is 12.4 Å². The van der Waals surface area contributed by atoms with Gasteiger partial charge in [0.05, 0.1) is 17.8 Å². The zero-order chi connectivity index (χ0) is 17.1. The summed E-state index contributed by atoms with van der Waals surface area (Å²) in [5, 5.41) is 0.381. The van der Waals surface area contributed by atoms with Gasteiger partial charge < -0.3 is 14.4 Å². The van der Waals surface area contributed by atoms with Gasteiger partial charge in [-0.1, -0.05) is 29.8 Å². The van der Waals surface area contributed by atoms with E-state index in [-0.39, 0.29) is 18.3 Å². The van der Waals surface area contributed by atoms with Crippen LogP contribution in [-0.2, 0) is 4.79 Å². The Balaban J connectivity index is 1.82. The van der Waals surface area contributed by atoms with E-state index in [1.54, 1.807) is 17.0 Å². The molecular weight excluding hydrogens is 330 g/mol. The summed E-state index contributed by atoms with van der Waals surface area (Å²) in [6.07, 6.45) is 0. The van der Waals surface area contributed by atoms with Gasteiger partial charge in [0, 0.05) is 5.02 Å². The second-order valence-electron chi connectivity index (χ2n) is 5.35. The number of anilines is 1. The fraction of sp³-hybridized carbons (Fsp3) is 0.222. The molecule has 0 spiro atoms. The molecule has 0 fully saturated rings. The first-order valence-electron chi connectivity index (χ1n) is 7.52. The van der Waals surface area contributed by atoms with Crippen LogP contribution in [0.15, 0.2) is 42.5 Å². The molecule has 0 N–H and O–H groups in total. The average molecular weight is 346 g/mol. The molecule has 24 heavy (non-hydrogen) atoms. The predicted octanol–water partition coefficient (Wildman–Crippen LogP) is 3.35. The van der Waals surface area contributed by atoms with Gasteiger partial charge in [0.2, 0.25) is 0 Å². The molecule has 0 bridgehead atoms. The molecule has 1 heterocycles. The fourth-order valence-electron chi connectivity index (χ4n) is 2.56. The number of nitrogens with zero attached hydrogens (tertiary/aromatic N) is 1. The quantitative estimate of drug-likeness (QED) is 0.780. The molecule has 0 aliphatic carbocycles. The van der Waals surface area contributed by atoms with Crippen LogP contribution in [0.4, 0.5) is 5.69 Å². The van der Waals surface area contributed by atoms with E-state index < -0.39 is 0 Å². The van der Waals surface area contributed by atoms with Gasteiger partial charge in [-0.3, -0.25) is 9.59 Å². The Morgan fingerprint density at radius 3 is 2.75 bits per heavy atom. The number of ether oxygens (including phenoxy) is 2. The molecule has 1 amide bonds. The first-order valence-corrected chi connectivity index (χ1v) is 7.89. The van der Waals surface area contributed by atoms with Crippen LogP contribution in [0, 0.1) is 0 Å². The van der Waals surface area contributed by atoms with Crippen molar-refractivity contribution in [2.75, 3.05) is 24.7 Å². The van der Waals surface area contributed by atoms with Crippen LogP contribution >= 0.6 is 11.6 Å². The van der Waals surface area contributed by atoms with Gasteiger partial charge >= 0.3 is 0 Å². The number of rotatable bonds is 5. The summed E-state index contributed by atoms with van der Waals surface area (Å²) in [6, 6.07) is 12.5. The summed E-state index contributed by atoms with van der Waals surface area (Å²) in [6.45, 7) is 1.98. The van der Waals surface area contributed by atoms with Gasteiger partial charge in [-0.15, -0.1) is 0 Å². The lowest BCUT2D eigenvalue weighted by molar-refractivity contribution is -0.121. The molecular formula is C18H16ClNO4. The number of para-hydroxylation sites is 1. The Morgan fingerprint density at radius 1 is 1.29 bits per heavy atom. The third-order valence-corrected chi connectivity index (χ3v) is 3.89. The molecule has 2 aromatic rings. The molecule has 6 heteroatoms. The molecule has 5 nitrogen and oxygen atoms in total. The molecule has 3 rings (SSSR count). The first kappa shape index (κ1) is 16.3. The minimum absolute atomic E-state index is 0.111. The number of carbonyl (C=O) groups excluding carboxylic acids is 2. The SMILES string of the molecule is CC(=O)c1cc(Cl)cc2c1OCC(=O)N2CCOc1ccccc1. The van der Waals surface area contributed by atoms with E-state index in [1.165, 1.54) is 6.92 Å². The van der Waals surface area contributed by atoms with Crippen molar-refractivity contribution in [2.45, 2.75) is 6.92 Å². The van der Waals surface area contributed by atoms with Crippen LogP contribution in [0.25, 0.3) is 0 Å². The van der Waals surface area contributed by atoms with Crippen LogP contribution in [-0.4, -0.2) is 31.4 Å². The van der Waals surface area contributed by atoms with Crippen molar-refractivity contribution in [3.05, 3.63) is 53.1 Å². The van der Waals surface area contributed by atoms with Crippen LogP contribution in [0.5, 0.6) is 11.5 Å². The van der Waals surface area contributed by atoms with Crippen molar-refractivity contribution in [1.29, 1.82) is 0 Å². The molecule has 124 valence electrons. The van der Waals surface area contributed by atoms with Crippen LogP contribution in [0.1, 0.15) is 17.3 Å². The number of hydrogen-bond donors (Lipinski definition) is 0. The topological polar surface area (TPSA) is 55.8 Å². The average Bonchev–Trinajstić information content (AvgIpc) is 2.57. The molecule has 2 aromatic carbocycles. The second kappa shape index (κ2) is 6.93. The number of fused-ring (bicyclic) bond motifs is 1. The van der Waals surface area contributed by atoms with E-state index in [2.05, 4.69) is 0 Å². The third kappa shape index (κ3) is 3.36. The highest BCUT2D eigenvalue weighted by Gasteiger charge is 2.29. The second-order valence-corrected chi connectivity index (χ2v) is 5.79. The highest BCUT2D eigenvalue weighted by atomic mass is 35.5. The third-order valence-electron chi connectivity index (χ3n) is 3.67. The van der Waals surface area contributed by atoms with Gasteiger partial charge in [0.15, 0.2) is 18.1 Å². The van der Waals surface area contributed by atoms with Crippen molar-refractivity contribution in [3.63, 3.8) is 0 Å². The number of ketones is 1. The monoisotopic (exact) mass is 345 g/mol. The lowest BCUT2D eigenvalue weighted by Crippen LogP contribution is -2.41. The minimum Gasteiger partial charge on any atom is -0.492 e. The maximum absolute atomic E-state index is 12.2. The molecule has 0 atom stereocenters. The fourth-order valence-corrected chi connectivity index (χ4v) is 2.77. The standard InChI is InChI=1S/C18H16ClNO4/c1-12(21)15-9-13(19)10-16-18(15)24-11-17(22)20(16)7-8-23-14-5-3-2-4-6-14/h2-6,9-10H,7-8,11H2,1H3. The van der Waals surface area contributed by atoms with Crippen LogP contribution in [0.2, 0.25) is 5.02 Å². The summed E-state index contributed by atoms with van der Waals surface area (Å²) >= 11 is 6.09. The smallest absolute Gasteiger partial charge is 0.265 e. The molecule has 0 saturated heterocycles. The van der Waals surface area contributed by atoms with E-state index in [4.69, 9.17) is 21.1 Å². The Bertz CT molecular complexity index is 776. The zero-order valence-corrected chi connectivity index (χ0v) is 13.9. The maximum Gasteiger partial charge on any atom is 0.265 e. The van der Waals surface area contributed by atoms with Crippen LogP contribution < -0.4 is 14.4 Å². The molecule has 0 aromatic heterocycles. The summed E-state index contributed by atoms with van der Waals surface area (Å²) in [5.74, 6) is 0.764. The van der Waals surface area contributed by atoms with Gasteiger partial charge in [0.25, 0.3) is 5.91 Å². The summed E-state index contributed by atoms with van der Waals surface area (Å²) < 4.78 is 11.1. The number of hydrogen-bond acceptors (Lipinski definition) is 4. The summed E-state index contributed by atoms with van der Waals surface area (Å²) in [4.78, 5) is 25.5. The van der Waals surface area contributed by atoms with Crippen LogP contribution in [0.3, 0.4) is 0 Å². The molecule has 1 aliphatic rings. The minimum atomic E-state index is -0.198. The number of carbonyl (C=O) groups is 2. The van der Waals surface area contributed by atoms with Gasteiger partial charge in [-0.25, -0.2) is 0 Å². The van der Waals surface area contributed by atoms with E-state index in [0.717, 1.165) is 5.75 Å². The molecule has 0 saturated carbocycles. The highest BCUT2D eigenvalue weighted by molar-refractivity contribution is 6.31. The van der Waals surface area contributed by atoms with E-state index in [0.29, 0.717) is 35.2 Å². The highest BCUT2D eigenvalue weighted by Crippen LogP contribution is 2.38. The largest absolute Gasteiger partial charge is 0.492 e. The predicted molar refractivity (Wildman–Crippen MR) is 91.2 cm³/mol. The van der Waals surface area contributed by atoms with Gasteiger partial charge in [-0.05, 0) is 31.2 Å². The Hall–Kier alpha value is -2.53. The van der Waals surface area contributed by atoms with E-state index in [1.807, 2.05) is 30.3 Å². The number of halogens is 1. The first-order chi connectivity index (χ1) is 11.6. The molecule has 1 aliphatic heterocycles. The van der Waals surface area contributed by atoms with Crippen molar-refractivity contribution in [1.82, 2.24) is 0 Å². The molecule has 0 radical (unpaired) electrons. The van der Waals surface area contributed by atoms with Crippen molar-refractivity contribution in [3.8, 4) is 11.5 Å². The Labute approximate surface area is 144 Å². The van der Waals surface area contributed by atoms with E-state index >= 15 is 0 Å². The number of amides is 1. The van der Waals surface area contributed by atoms with E-state index in [9.17, 15) is 9.59 Å². The molecule has 0 unspecified atom stereocenters. The maximum atomic E-state index is 12.2. The van der Waals surface area contributed by atoms with Crippen molar-refractivity contribution in [2.24, 2.45) is 0 Å². The lowest BCUT2D eigenvalue weighted by Gasteiger charge is -2.30. The van der Waals surface area contributed by atoms with Gasteiger partial charge in [-0.2, -0.15) is 0 Å². The lowest BCUT2D eigenvalue weighted by atomic mass is 10.1. The summed E-state index contributed by atoms with van der Waals surface area (Å²) in [5.41, 5.74) is 0.875. The Morgan fingerprint density at radius 2 is 2.04 bits per heavy atom. The zero-order valence-electron chi connectivity index (χ0n) is 13.1. The number of benzene rings is 2. The number of Topliss-reactive ketones (excluding diaryl/α,β-unsaturated/α-hetero) is 1. The summed E-state index contributed by atoms with van der Waals surface area (Å²) in [7, 11) is 0. The van der Waals surface area contributed by atoms with Crippen molar-refractivity contribution < 1.29 is 19.1 Å². The normalized spacial score (nSPS) is 13.2. The Kier molecular flexibility index (Phi) is 4.71.